The molecule has 4 heteroatoms. The summed E-state index contributed by atoms with van der Waals surface area (Å²) in [6.45, 7) is 23.8. The van der Waals surface area contributed by atoms with Gasteiger partial charge in [0.15, 0.2) is 0 Å². The first-order valence-electron chi connectivity index (χ1n) is 24.6. The summed E-state index contributed by atoms with van der Waals surface area (Å²) < 4.78 is 12.0. The zero-order valence-corrected chi connectivity index (χ0v) is 39.8. The zero-order chi connectivity index (χ0) is 41.3. The van der Waals surface area contributed by atoms with E-state index in [-0.39, 0.29) is 27.9 Å². The molecule has 0 aliphatic carbocycles. The molecular formula is C51H103NO3. The number of nitrogens with one attached hydrogen (secondary N) is 1. The Bertz CT molecular complexity index is 836. The lowest BCUT2D eigenvalue weighted by Crippen LogP contribution is -2.44. The molecule has 0 saturated carbocycles. The lowest BCUT2D eigenvalue weighted by molar-refractivity contribution is -0.133. The molecule has 55 heavy (non-hydrogen) atoms. The molecular weight excluding hydrogens is 675 g/mol. The number of methoxy groups -OCH3 is 1. The Morgan fingerprint density at radius 2 is 0.873 bits per heavy atom. The Morgan fingerprint density at radius 1 is 0.509 bits per heavy atom. The molecule has 0 fully saturated rings. The number of carbonyl (C=O) groups is 1. The van der Waals surface area contributed by atoms with Gasteiger partial charge in [-0.15, -0.1) is 0 Å². The van der Waals surface area contributed by atoms with E-state index in [1.54, 1.807) is 7.11 Å². The zero-order valence-electron chi connectivity index (χ0n) is 39.8. The molecule has 0 aromatic carbocycles. The first-order valence-corrected chi connectivity index (χ1v) is 24.6. The van der Waals surface area contributed by atoms with Crippen molar-refractivity contribution in [1.82, 2.24) is 5.32 Å². The van der Waals surface area contributed by atoms with Crippen LogP contribution in [-0.2, 0) is 14.3 Å². The van der Waals surface area contributed by atoms with Gasteiger partial charge >= 0.3 is 0 Å². The van der Waals surface area contributed by atoms with Gasteiger partial charge in [0.25, 0.3) is 0 Å². The van der Waals surface area contributed by atoms with Crippen molar-refractivity contribution >= 4 is 5.91 Å². The summed E-state index contributed by atoms with van der Waals surface area (Å²) >= 11 is 0. The lowest BCUT2D eigenvalue weighted by atomic mass is 9.68. The van der Waals surface area contributed by atoms with Gasteiger partial charge in [0.05, 0.1) is 17.8 Å². The first-order chi connectivity index (χ1) is 26.2. The second-order valence-electron chi connectivity index (χ2n) is 20.4. The fraction of sp³-hybridized carbons (Fsp3) is 0.980. The molecule has 0 aliphatic heterocycles. The van der Waals surface area contributed by atoms with Crippen molar-refractivity contribution in [2.75, 3.05) is 20.3 Å². The highest BCUT2D eigenvalue weighted by Gasteiger charge is 2.40. The molecule has 1 N–H and O–H groups in total. The Labute approximate surface area is 347 Å². The van der Waals surface area contributed by atoms with Crippen LogP contribution in [0.2, 0.25) is 0 Å². The minimum absolute atomic E-state index is 0.0228. The highest BCUT2D eigenvalue weighted by Crippen LogP contribution is 2.42. The monoisotopic (exact) mass is 778 g/mol. The van der Waals surface area contributed by atoms with Crippen LogP contribution in [0.4, 0.5) is 0 Å². The summed E-state index contributed by atoms with van der Waals surface area (Å²) in [7, 11) is 1.77. The smallest absolute Gasteiger partial charge is 0.225 e. The van der Waals surface area contributed by atoms with Gasteiger partial charge in [-0.05, 0) is 77.6 Å². The van der Waals surface area contributed by atoms with E-state index in [0.717, 1.165) is 32.2 Å². The molecule has 1 amide bonds. The van der Waals surface area contributed by atoms with E-state index in [0.29, 0.717) is 12.5 Å². The lowest BCUT2D eigenvalue weighted by Gasteiger charge is -2.41. The largest absolute Gasteiger partial charge is 0.379 e. The Morgan fingerprint density at radius 3 is 1.22 bits per heavy atom. The summed E-state index contributed by atoms with van der Waals surface area (Å²) in [5, 5.41) is 3.53. The molecule has 1 unspecified atom stereocenters. The number of hydrogen-bond donors (Lipinski definition) is 1. The maximum atomic E-state index is 14.0. The second-order valence-corrected chi connectivity index (χ2v) is 20.4. The van der Waals surface area contributed by atoms with Crippen LogP contribution < -0.4 is 5.32 Å². The Balaban J connectivity index is 4.88. The van der Waals surface area contributed by atoms with Gasteiger partial charge in [-0.3, -0.25) is 4.79 Å². The molecule has 0 saturated heterocycles. The van der Waals surface area contributed by atoms with Gasteiger partial charge in [-0.1, -0.05) is 208 Å². The normalized spacial score (nSPS) is 13.8. The summed E-state index contributed by atoms with van der Waals surface area (Å²) in [5.41, 5.74) is -0.842. The van der Waals surface area contributed by atoms with Gasteiger partial charge in [0.1, 0.15) is 0 Å². The van der Waals surface area contributed by atoms with Crippen molar-refractivity contribution in [3.8, 4) is 0 Å². The van der Waals surface area contributed by atoms with Crippen LogP contribution in [0.25, 0.3) is 0 Å². The van der Waals surface area contributed by atoms with Gasteiger partial charge in [0.2, 0.25) is 5.91 Å². The van der Waals surface area contributed by atoms with Crippen molar-refractivity contribution in [3.05, 3.63) is 0 Å². The fourth-order valence-corrected chi connectivity index (χ4v) is 9.06. The SMILES string of the molecule is CCCCCCCCCCCCCCCC(CCCCCCCCCCCCCCC)CNC(=O)C(C)(CC)CC(C)(C)CC(C)(C)OCCC(C)(C)OC. The van der Waals surface area contributed by atoms with Gasteiger partial charge in [-0.2, -0.15) is 0 Å². The highest BCUT2D eigenvalue weighted by atomic mass is 16.5. The average Bonchev–Trinajstić information content (AvgIpc) is 3.12. The molecule has 0 rings (SSSR count). The summed E-state index contributed by atoms with van der Waals surface area (Å²) in [6, 6.07) is 0. The maximum absolute atomic E-state index is 14.0. The molecule has 1 atom stereocenters. The minimum atomic E-state index is -0.382. The van der Waals surface area contributed by atoms with Gasteiger partial charge in [-0.25, -0.2) is 0 Å². The second kappa shape index (κ2) is 33.2. The van der Waals surface area contributed by atoms with E-state index in [1.807, 2.05) is 0 Å². The van der Waals surface area contributed by atoms with Gasteiger partial charge < -0.3 is 14.8 Å². The minimum Gasteiger partial charge on any atom is -0.379 e. The maximum Gasteiger partial charge on any atom is 0.225 e. The number of ether oxygens (including phenoxy) is 2. The van der Waals surface area contributed by atoms with Crippen molar-refractivity contribution in [2.45, 2.75) is 286 Å². The van der Waals surface area contributed by atoms with E-state index < -0.39 is 0 Å². The predicted molar refractivity (Wildman–Crippen MR) is 244 cm³/mol. The quantitative estimate of drug-likeness (QED) is 0.0629. The van der Waals surface area contributed by atoms with Gasteiger partial charge in [0, 0.05) is 19.1 Å². The van der Waals surface area contributed by atoms with Crippen LogP contribution in [0.1, 0.15) is 275 Å². The van der Waals surface area contributed by atoms with Crippen LogP contribution in [0.5, 0.6) is 0 Å². The number of unbranched alkanes of at least 4 members (excludes halogenated alkanes) is 24. The first kappa shape index (κ1) is 54.4. The third-order valence-corrected chi connectivity index (χ3v) is 12.8. The number of hydrogen-bond acceptors (Lipinski definition) is 3. The van der Waals surface area contributed by atoms with Crippen LogP contribution >= 0.6 is 0 Å². The van der Waals surface area contributed by atoms with E-state index in [9.17, 15) is 4.79 Å². The van der Waals surface area contributed by atoms with E-state index >= 15 is 0 Å². The molecule has 0 bridgehead atoms. The number of amides is 1. The molecule has 0 aliphatic rings. The fourth-order valence-electron chi connectivity index (χ4n) is 9.06. The summed E-state index contributed by atoms with van der Waals surface area (Å²) in [5.74, 6) is 0.853. The molecule has 0 heterocycles. The van der Waals surface area contributed by atoms with Crippen molar-refractivity contribution in [3.63, 3.8) is 0 Å². The molecule has 0 aromatic heterocycles. The topological polar surface area (TPSA) is 47.6 Å². The van der Waals surface area contributed by atoms with E-state index in [2.05, 4.69) is 74.6 Å². The standard InChI is InChI=1S/C51H103NO3/c1-12-15-17-19-21-23-25-27-29-31-33-35-37-39-46(40-38-36-34-32-30-28-26-24-22-20-18-16-13-2)43-52-47(53)51(10,14-3)45-48(4,5)44-50(8,9)55-42-41-49(6,7)54-11/h46H,12-45H2,1-11H3,(H,52,53). The number of carbonyl (C=O) groups excluding carboxylic acids is 1. The number of rotatable bonds is 41. The molecule has 0 aromatic rings. The Kier molecular flexibility index (Phi) is 32.9. The van der Waals surface area contributed by atoms with Crippen LogP contribution in [0.3, 0.4) is 0 Å². The third-order valence-electron chi connectivity index (χ3n) is 12.8. The predicted octanol–water partition coefficient (Wildman–Crippen LogP) is 16.5. The molecule has 0 spiro atoms. The van der Waals surface area contributed by atoms with Crippen LogP contribution in [0.15, 0.2) is 0 Å². The van der Waals surface area contributed by atoms with Crippen molar-refractivity contribution in [2.24, 2.45) is 16.7 Å². The highest BCUT2D eigenvalue weighted by molar-refractivity contribution is 5.82. The molecule has 4 nitrogen and oxygen atoms in total. The van der Waals surface area contributed by atoms with Crippen LogP contribution in [0, 0.1) is 16.7 Å². The summed E-state index contributed by atoms with van der Waals surface area (Å²) in [6.07, 6.45) is 42.4. The third kappa shape index (κ3) is 32.0. The summed E-state index contributed by atoms with van der Waals surface area (Å²) in [4.78, 5) is 14.0. The Hall–Kier alpha value is -0.610. The average molecular weight is 778 g/mol. The molecule has 330 valence electrons. The van der Waals surface area contributed by atoms with E-state index in [1.165, 1.54) is 180 Å². The van der Waals surface area contributed by atoms with Crippen molar-refractivity contribution in [1.29, 1.82) is 0 Å². The van der Waals surface area contributed by atoms with E-state index in [4.69, 9.17) is 9.47 Å². The van der Waals surface area contributed by atoms with Crippen LogP contribution in [-0.4, -0.2) is 37.4 Å². The van der Waals surface area contributed by atoms with Crippen molar-refractivity contribution < 1.29 is 14.3 Å². The molecule has 0 radical (unpaired) electrons.